The zero-order valence-corrected chi connectivity index (χ0v) is 19.5. The van der Waals surface area contributed by atoms with Crippen LogP contribution in [0.1, 0.15) is 35.7 Å². The maximum absolute atomic E-state index is 14.3. The first-order chi connectivity index (χ1) is 14.1. The molecule has 0 saturated heterocycles. The first kappa shape index (κ1) is 24.4. The molecule has 0 radical (unpaired) electrons. The Kier molecular flexibility index (Phi) is 7.49. The molecular weight excluding hydrogens is 589 g/mol. The van der Waals surface area contributed by atoms with Crippen molar-refractivity contribution < 1.29 is 49.2 Å². The van der Waals surface area contributed by atoms with Gasteiger partial charge in [-0.1, -0.05) is 0 Å². The van der Waals surface area contributed by atoms with Gasteiger partial charge in [0.25, 0.3) is 0 Å². The van der Waals surface area contributed by atoms with Gasteiger partial charge in [-0.3, -0.25) is 4.98 Å². The molecule has 1 N–H and O–H groups in total. The summed E-state index contributed by atoms with van der Waals surface area (Å²) in [6.07, 6.45) is 0. The molecule has 0 fully saturated rings. The Balaban J connectivity index is 0.00000341. The molecular formula is C22H20F2N2O4Pt. The van der Waals surface area contributed by atoms with Crippen LogP contribution in [-0.4, -0.2) is 35.3 Å². The summed E-state index contributed by atoms with van der Waals surface area (Å²) >= 11 is 0. The molecule has 0 amide bonds. The molecule has 2 heterocycles. The number of aromatic nitrogens is 2. The fraction of sp³-hybridized carbons (Fsp3) is 0.227. The Bertz CT molecular complexity index is 1120. The second-order valence-electron chi connectivity index (χ2n) is 7.11. The minimum Gasteiger partial charge on any atom is -0.497 e. The number of nitrogens with zero attached hydrogens (tertiary/aromatic N) is 2. The number of carboxylic acid groups (broad SMARTS) is 1. The number of carboxylic acids is 1. The fourth-order valence-corrected chi connectivity index (χ4v) is 2.96. The van der Waals surface area contributed by atoms with Crippen LogP contribution < -0.4 is 9.47 Å². The van der Waals surface area contributed by atoms with Crippen molar-refractivity contribution in [2.45, 2.75) is 19.3 Å². The van der Waals surface area contributed by atoms with Crippen molar-refractivity contribution in [1.82, 2.24) is 9.97 Å². The van der Waals surface area contributed by atoms with Gasteiger partial charge in [0.2, 0.25) is 0 Å². The number of hydrogen-bond donors (Lipinski definition) is 1. The molecule has 0 spiro atoms. The number of benzene rings is 1. The molecule has 0 saturated carbocycles. The zero-order valence-electron chi connectivity index (χ0n) is 17.2. The summed E-state index contributed by atoms with van der Waals surface area (Å²) in [6, 6.07) is 9.36. The molecule has 0 atom stereocenters. The molecule has 6 nitrogen and oxygen atoms in total. The van der Waals surface area contributed by atoms with Gasteiger partial charge in [0.1, 0.15) is 23.1 Å². The van der Waals surface area contributed by atoms with Gasteiger partial charge in [-0.2, -0.15) is 0 Å². The van der Waals surface area contributed by atoms with Crippen molar-refractivity contribution in [3.05, 3.63) is 71.2 Å². The number of ether oxygens (including phenoxy) is 2. The van der Waals surface area contributed by atoms with E-state index in [1.54, 1.807) is 26.0 Å². The predicted molar refractivity (Wildman–Crippen MR) is 106 cm³/mol. The molecule has 1 aromatic carbocycles. The largest absolute Gasteiger partial charge is 0.497 e. The minimum absolute atomic E-state index is 0. The Morgan fingerprint density at radius 1 is 0.935 bits per heavy atom. The normalized spacial score (nSPS) is 10.9. The van der Waals surface area contributed by atoms with Gasteiger partial charge in [0, 0.05) is 62.4 Å². The first-order valence-corrected chi connectivity index (χ1v) is 8.97. The molecule has 0 bridgehead atoms. The topological polar surface area (TPSA) is 81.5 Å². The van der Waals surface area contributed by atoms with Crippen molar-refractivity contribution in [2.75, 3.05) is 14.2 Å². The molecule has 0 unspecified atom stereocenters. The van der Waals surface area contributed by atoms with Crippen LogP contribution in [0, 0.1) is 11.6 Å². The van der Waals surface area contributed by atoms with Crippen LogP contribution in [0.25, 0.3) is 11.3 Å². The smallest absolute Gasteiger partial charge is 0.354 e. The summed E-state index contributed by atoms with van der Waals surface area (Å²) in [5.41, 5.74) is 0.139. The number of rotatable bonds is 6. The Morgan fingerprint density at radius 2 is 1.52 bits per heavy atom. The van der Waals surface area contributed by atoms with Gasteiger partial charge >= 0.3 is 5.97 Å². The molecule has 3 rings (SSSR count). The molecule has 166 valence electrons. The van der Waals surface area contributed by atoms with Gasteiger partial charge < -0.3 is 14.6 Å². The van der Waals surface area contributed by atoms with E-state index in [2.05, 4.69) is 9.97 Å². The average molecular weight is 609 g/mol. The van der Waals surface area contributed by atoms with Gasteiger partial charge in [0.05, 0.1) is 31.3 Å². The molecule has 2 aromatic heterocycles. The molecule has 0 aliphatic heterocycles. The van der Waals surface area contributed by atoms with Crippen molar-refractivity contribution >= 4 is 5.97 Å². The second kappa shape index (κ2) is 9.52. The Morgan fingerprint density at radius 3 is 2.06 bits per heavy atom. The fourth-order valence-electron chi connectivity index (χ4n) is 2.96. The van der Waals surface area contributed by atoms with Crippen LogP contribution in [0.4, 0.5) is 8.78 Å². The maximum atomic E-state index is 14.3. The van der Waals surface area contributed by atoms with Crippen molar-refractivity contribution in [3.8, 4) is 22.8 Å². The standard InChI is InChI=1S/C22H20F2N2O4.Pt/c1-22(2,20-11-14(30-4)9-18(26-20)21(27)28)19-10-13(29-3)8-17(25-19)15-6-5-12(23)7-16(15)24;/h5-11H,1-4H3,(H,27,28);. The van der Waals surface area contributed by atoms with E-state index in [1.807, 2.05) is 0 Å². The third-order valence-corrected chi connectivity index (χ3v) is 4.78. The molecule has 31 heavy (non-hydrogen) atoms. The second-order valence-corrected chi connectivity index (χ2v) is 7.11. The third kappa shape index (κ3) is 5.07. The van der Waals surface area contributed by atoms with E-state index in [4.69, 9.17) is 9.47 Å². The SMILES string of the molecule is COc1cc(C(=O)O)nc(C(C)(C)c2cc(OC)cc(-c3ccc(F)cc3F)n2)c1.[Pt]. The van der Waals surface area contributed by atoms with E-state index in [0.717, 1.165) is 12.1 Å². The quantitative estimate of drug-likeness (QED) is 0.445. The minimum atomic E-state index is -1.20. The summed E-state index contributed by atoms with van der Waals surface area (Å²) in [7, 11) is 2.89. The van der Waals surface area contributed by atoms with Crippen LogP contribution in [0.2, 0.25) is 0 Å². The predicted octanol–water partition coefficient (Wildman–Crippen LogP) is 4.46. The number of carbonyl (C=O) groups is 1. The van der Waals surface area contributed by atoms with E-state index < -0.39 is 23.0 Å². The monoisotopic (exact) mass is 609 g/mol. The summed E-state index contributed by atoms with van der Waals surface area (Å²) in [4.78, 5) is 20.2. The van der Waals surface area contributed by atoms with Crippen LogP contribution in [0.5, 0.6) is 11.5 Å². The van der Waals surface area contributed by atoms with Crippen LogP contribution in [-0.2, 0) is 26.5 Å². The molecule has 9 heteroatoms. The molecule has 3 aromatic rings. The Labute approximate surface area is 192 Å². The maximum Gasteiger partial charge on any atom is 0.354 e. The number of aromatic carboxylic acids is 1. The average Bonchev–Trinajstić information content (AvgIpc) is 2.72. The van der Waals surface area contributed by atoms with E-state index >= 15 is 0 Å². The van der Waals surface area contributed by atoms with E-state index in [-0.39, 0.29) is 38.0 Å². The number of halogens is 2. The number of pyridine rings is 2. The van der Waals surface area contributed by atoms with Gasteiger partial charge in [-0.25, -0.2) is 18.6 Å². The van der Waals surface area contributed by atoms with Gasteiger partial charge in [0.15, 0.2) is 5.69 Å². The molecule has 0 aliphatic rings. The zero-order chi connectivity index (χ0) is 22.1. The van der Waals surface area contributed by atoms with Crippen LogP contribution >= 0.6 is 0 Å². The van der Waals surface area contributed by atoms with E-state index in [0.29, 0.717) is 22.9 Å². The first-order valence-electron chi connectivity index (χ1n) is 8.97. The van der Waals surface area contributed by atoms with Gasteiger partial charge in [-0.15, -0.1) is 0 Å². The van der Waals surface area contributed by atoms with Crippen LogP contribution in [0.15, 0.2) is 42.5 Å². The number of methoxy groups -OCH3 is 2. The third-order valence-electron chi connectivity index (χ3n) is 4.78. The van der Waals surface area contributed by atoms with E-state index in [9.17, 15) is 18.7 Å². The van der Waals surface area contributed by atoms with Gasteiger partial charge in [-0.05, 0) is 26.0 Å². The van der Waals surface area contributed by atoms with Crippen molar-refractivity contribution in [2.24, 2.45) is 0 Å². The summed E-state index contributed by atoms with van der Waals surface area (Å²) in [5.74, 6) is -1.90. The van der Waals surface area contributed by atoms with Crippen LogP contribution in [0.3, 0.4) is 0 Å². The summed E-state index contributed by atoms with van der Waals surface area (Å²) in [5, 5.41) is 9.37. The van der Waals surface area contributed by atoms with Crippen molar-refractivity contribution in [3.63, 3.8) is 0 Å². The molecule has 0 aliphatic carbocycles. The van der Waals surface area contributed by atoms with E-state index in [1.165, 1.54) is 32.4 Å². The number of hydrogen-bond acceptors (Lipinski definition) is 5. The van der Waals surface area contributed by atoms with Crippen molar-refractivity contribution in [1.29, 1.82) is 0 Å². The Hall–Kier alpha value is -2.86. The summed E-state index contributed by atoms with van der Waals surface area (Å²) < 4.78 is 38.2. The summed E-state index contributed by atoms with van der Waals surface area (Å²) in [6.45, 7) is 3.60.